The van der Waals surface area contributed by atoms with Crippen molar-refractivity contribution in [3.8, 4) is 0 Å². The largest absolute Gasteiger partial charge is 0.380 e. The number of amides is 1. The lowest BCUT2D eigenvalue weighted by molar-refractivity contribution is 0.0993. The highest BCUT2D eigenvalue weighted by Crippen LogP contribution is 2.19. The van der Waals surface area contributed by atoms with Gasteiger partial charge in [-0.3, -0.25) is 4.79 Å². The maximum absolute atomic E-state index is 12.6. The molecule has 1 heterocycles. The van der Waals surface area contributed by atoms with Gasteiger partial charge in [0.05, 0.1) is 12.6 Å². The number of rotatable bonds is 4. The Kier molecular flexibility index (Phi) is 4.39. The van der Waals surface area contributed by atoms with E-state index in [2.05, 4.69) is 5.32 Å². The fourth-order valence-electron chi connectivity index (χ4n) is 2.59. The van der Waals surface area contributed by atoms with E-state index in [1.807, 2.05) is 54.6 Å². The molecular weight excluding hydrogens is 276 g/mol. The van der Waals surface area contributed by atoms with Crippen LogP contribution in [-0.2, 0) is 4.74 Å². The van der Waals surface area contributed by atoms with Crippen molar-refractivity contribution >= 4 is 17.3 Å². The molecule has 4 heteroatoms. The van der Waals surface area contributed by atoms with Crippen LogP contribution in [0.5, 0.6) is 0 Å². The summed E-state index contributed by atoms with van der Waals surface area (Å²) in [6.07, 6.45) is 1.00. The number of carbonyl (C=O) groups is 1. The third-order valence-electron chi connectivity index (χ3n) is 3.86. The van der Waals surface area contributed by atoms with E-state index in [4.69, 9.17) is 4.74 Å². The first-order valence-electron chi connectivity index (χ1n) is 7.51. The van der Waals surface area contributed by atoms with Crippen LogP contribution in [0.1, 0.15) is 16.8 Å². The van der Waals surface area contributed by atoms with E-state index >= 15 is 0 Å². The van der Waals surface area contributed by atoms with Gasteiger partial charge in [-0.25, -0.2) is 0 Å². The van der Waals surface area contributed by atoms with Crippen molar-refractivity contribution in [2.45, 2.75) is 12.5 Å². The van der Waals surface area contributed by atoms with E-state index in [1.54, 1.807) is 11.9 Å². The van der Waals surface area contributed by atoms with Gasteiger partial charge in [0.15, 0.2) is 0 Å². The van der Waals surface area contributed by atoms with Crippen LogP contribution >= 0.6 is 0 Å². The van der Waals surface area contributed by atoms with Crippen LogP contribution in [0, 0.1) is 0 Å². The number of anilines is 2. The summed E-state index contributed by atoms with van der Waals surface area (Å²) in [5, 5.41) is 3.42. The zero-order chi connectivity index (χ0) is 15.4. The zero-order valence-corrected chi connectivity index (χ0v) is 12.7. The van der Waals surface area contributed by atoms with Crippen LogP contribution in [0.4, 0.5) is 11.4 Å². The minimum absolute atomic E-state index is 0.0162. The lowest BCUT2D eigenvalue weighted by atomic mass is 10.1. The smallest absolute Gasteiger partial charge is 0.258 e. The molecule has 114 valence electrons. The number of hydrogen-bond donors (Lipinski definition) is 1. The van der Waals surface area contributed by atoms with Crippen LogP contribution in [-0.4, -0.2) is 32.2 Å². The highest BCUT2D eigenvalue weighted by molar-refractivity contribution is 6.06. The lowest BCUT2D eigenvalue weighted by Gasteiger charge is -2.18. The molecule has 1 saturated heterocycles. The second-order valence-corrected chi connectivity index (χ2v) is 5.49. The minimum atomic E-state index is -0.0162. The summed E-state index contributed by atoms with van der Waals surface area (Å²) in [6, 6.07) is 17.6. The van der Waals surface area contributed by atoms with Gasteiger partial charge in [-0.2, -0.15) is 0 Å². The Morgan fingerprint density at radius 1 is 1.18 bits per heavy atom. The number of ether oxygens (including phenoxy) is 1. The normalized spacial score (nSPS) is 17.2. The van der Waals surface area contributed by atoms with E-state index in [0.717, 1.165) is 31.0 Å². The molecule has 1 aliphatic rings. The Labute approximate surface area is 130 Å². The molecule has 1 amide bonds. The van der Waals surface area contributed by atoms with Crippen LogP contribution in [0.15, 0.2) is 54.6 Å². The van der Waals surface area contributed by atoms with E-state index < -0.39 is 0 Å². The van der Waals surface area contributed by atoms with Gasteiger partial charge >= 0.3 is 0 Å². The topological polar surface area (TPSA) is 41.6 Å². The van der Waals surface area contributed by atoms with E-state index in [-0.39, 0.29) is 5.91 Å². The maximum Gasteiger partial charge on any atom is 0.258 e. The van der Waals surface area contributed by atoms with Crippen molar-refractivity contribution in [3.05, 3.63) is 60.2 Å². The molecule has 1 fully saturated rings. The van der Waals surface area contributed by atoms with Crippen molar-refractivity contribution in [3.63, 3.8) is 0 Å². The van der Waals surface area contributed by atoms with Gasteiger partial charge in [0, 0.05) is 30.6 Å². The van der Waals surface area contributed by atoms with Crippen molar-refractivity contribution in [2.24, 2.45) is 0 Å². The third-order valence-corrected chi connectivity index (χ3v) is 3.86. The van der Waals surface area contributed by atoms with Gasteiger partial charge in [-0.15, -0.1) is 0 Å². The number of hydrogen-bond acceptors (Lipinski definition) is 3. The van der Waals surface area contributed by atoms with E-state index in [1.165, 1.54) is 0 Å². The predicted molar refractivity (Wildman–Crippen MR) is 88.5 cm³/mol. The molecule has 0 radical (unpaired) electrons. The fraction of sp³-hybridized carbons (Fsp3) is 0.278. The Morgan fingerprint density at radius 3 is 2.73 bits per heavy atom. The summed E-state index contributed by atoms with van der Waals surface area (Å²) in [6.45, 7) is 1.52. The van der Waals surface area contributed by atoms with E-state index in [0.29, 0.717) is 11.6 Å². The molecule has 2 aromatic rings. The maximum atomic E-state index is 12.6. The number of benzene rings is 2. The summed E-state index contributed by atoms with van der Waals surface area (Å²) in [4.78, 5) is 14.3. The van der Waals surface area contributed by atoms with Crippen LogP contribution in [0.2, 0.25) is 0 Å². The molecule has 0 aliphatic carbocycles. The molecule has 1 atom stereocenters. The molecule has 0 aromatic heterocycles. The second kappa shape index (κ2) is 6.62. The summed E-state index contributed by atoms with van der Waals surface area (Å²) in [5.74, 6) is -0.0162. The number of para-hydroxylation sites is 1. The Morgan fingerprint density at radius 2 is 2.00 bits per heavy atom. The molecule has 22 heavy (non-hydrogen) atoms. The first-order valence-corrected chi connectivity index (χ1v) is 7.51. The van der Waals surface area contributed by atoms with Crippen LogP contribution < -0.4 is 10.2 Å². The average molecular weight is 296 g/mol. The number of nitrogens with one attached hydrogen (secondary N) is 1. The summed E-state index contributed by atoms with van der Waals surface area (Å²) in [5.41, 5.74) is 2.52. The predicted octanol–water partition coefficient (Wildman–Crippen LogP) is 3.16. The minimum Gasteiger partial charge on any atom is -0.380 e. The molecule has 1 N–H and O–H groups in total. The van der Waals surface area contributed by atoms with Gasteiger partial charge in [-0.1, -0.05) is 24.3 Å². The van der Waals surface area contributed by atoms with Gasteiger partial charge < -0.3 is 15.0 Å². The fourth-order valence-corrected chi connectivity index (χ4v) is 2.59. The van der Waals surface area contributed by atoms with Gasteiger partial charge in [0.1, 0.15) is 0 Å². The molecule has 0 saturated carbocycles. The van der Waals surface area contributed by atoms with Gasteiger partial charge in [0.25, 0.3) is 5.91 Å². The first kappa shape index (κ1) is 14.6. The number of nitrogens with zero attached hydrogens (tertiary/aromatic N) is 1. The van der Waals surface area contributed by atoms with Crippen LogP contribution in [0.3, 0.4) is 0 Å². The molecule has 0 bridgehead atoms. The third kappa shape index (κ3) is 3.28. The van der Waals surface area contributed by atoms with Crippen molar-refractivity contribution in [1.82, 2.24) is 0 Å². The Hall–Kier alpha value is -2.33. The summed E-state index contributed by atoms with van der Waals surface area (Å²) < 4.78 is 5.37. The van der Waals surface area contributed by atoms with E-state index in [9.17, 15) is 4.79 Å². The molecule has 3 rings (SSSR count). The standard InChI is InChI=1S/C18H20N2O2/c1-20(17-8-3-2-4-9-17)18(21)14-6-5-7-15(12-14)19-16-10-11-22-13-16/h2-9,12,16,19H,10-11,13H2,1H3/t16-/m0/s1. The Balaban J connectivity index is 1.74. The first-order chi connectivity index (χ1) is 10.7. The van der Waals surface area contributed by atoms with Crippen molar-refractivity contribution in [2.75, 3.05) is 30.5 Å². The molecular formula is C18H20N2O2. The molecule has 0 unspecified atom stereocenters. The van der Waals surface area contributed by atoms with Crippen LogP contribution in [0.25, 0.3) is 0 Å². The van der Waals surface area contributed by atoms with Crippen molar-refractivity contribution in [1.29, 1.82) is 0 Å². The molecule has 2 aromatic carbocycles. The zero-order valence-electron chi connectivity index (χ0n) is 12.7. The highest BCUT2D eigenvalue weighted by Gasteiger charge is 2.17. The van der Waals surface area contributed by atoms with Gasteiger partial charge in [0.2, 0.25) is 0 Å². The lowest BCUT2D eigenvalue weighted by Crippen LogP contribution is -2.26. The molecule has 1 aliphatic heterocycles. The quantitative estimate of drug-likeness (QED) is 0.942. The monoisotopic (exact) mass is 296 g/mol. The summed E-state index contributed by atoms with van der Waals surface area (Å²) in [7, 11) is 1.79. The summed E-state index contributed by atoms with van der Waals surface area (Å²) >= 11 is 0. The molecule has 0 spiro atoms. The van der Waals surface area contributed by atoms with Crippen molar-refractivity contribution < 1.29 is 9.53 Å². The highest BCUT2D eigenvalue weighted by atomic mass is 16.5. The second-order valence-electron chi connectivity index (χ2n) is 5.49. The number of carbonyl (C=O) groups excluding carboxylic acids is 1. The average Bonchev–Trinajstić information content (AvgIpc) is 3.07. The molecule has 4 nitrogen and oxygen atoms in total. The Bertz CT molecular complexity index is 637. The SMILES string of the molecule is CN(C(=O)c1cccc(N[C@H]2CCOC2)c1)c1ccccc1. The van der Waals surface area contributed by atoms with Gasteiger partial charge in [-0.05, 0) is 36.8 Å².